The SMILES string of the molecule is COC(=O)C(C)(O)CNCC(C)(C)CO. The van der Waals surface area contributed by atoms with Crippen LogP contribution in [0.5, 0.6) is 0 Å². The van der Waals surface area contributed by atoms with Gasteiger partial charge < -0.3 is 20.3 Å². The smallest absolute Gasteiger partial charge is 0.338 e. The number of ether oxygens (including phenoxy) is 1. The third-order valence-electron chi connectivity index (χ3n) is 2.13. The Kier molecular flexibility index (Phi) is 5.20. The Bertz CT molecular complexity index is 213. The summed E-state index contributed by atoms with van der Waals surface area (Å²) in [6.45, 7) is 5.80. The van der Waals surface area contributed by atoms with Crippen LogP contribution in [0, 0.1) is 5.41 Å². The van der Waals surface area contributed by atoms with E-state index in [1.807, 2.05) is 13.8 Å². The molecule has 0 aliphatic rings. The monoisotopic (exact) mass is 219 g/mol. The maximum Gasteiger partial charge on any atom is 0.338 e. The summed E-state index contributed by atoms with van der Waals surface area (Å²) in [5.74, 6) is -0.670. The molecule has 0 aliphatic carbocycles. The summed E-state index contributed by atoms with van der Waals surface area (Å²) >= 11 is 0. The highest BCUT2D eigenvalue weighted by Crippen LogP contribution is 2.12. The van der Waals surface area contributed by atoms with Crippen LogP contribution < -0.4 is 5.32 Å². The van der Waals surface area contributed by atoms with E-state index in [0.717, 1.165) is 0 Å². The van der Waals surface area contributed by atoms with Crippen LogP contribution in [0.2, 0.25) is 0 Å². The van der Waals surface area contributed by atoms with Crippen molar-refractivity contribution < 1.29 is 19.7 Å². The summed E-state index contributed by atoms with van der Waals surface area (Å²) in [5, 5.41) is 21.6. The van der Waals surface area contributed by atoms with Gasteiger partial charge in [0, 0.05) is 25.1 Å². The second-order valence-electron chi connectivity index (χ2n) is 4.69. The van der Waals surface area contributed by atoms with Crippen LogP contribution in [0.3, 0.4) is 0 Å². The second-order valence-corrected chi connectivity index (χ2v) is 4.69. The summed E-state index contributed by atoms with van der Waals surface area (Å²) in [6.07, 6.45) is 0. The third kappa shape index (κ3) is 5.11. The summed E-state index contributed by atoms with van der Waals surface area (Å²) < 4.78 is 4.45. The van der Waals surface area contributed by atoms with Gasteiger partial charge in [0.2, 0.25) is 0 Å². The van der Waals surface area contributed by atoms with E-state index < -0.39 is 11.6 Å². The molecule has 0 spiro atoms. The Hall–Kier alpha value is -0.650. The van der Waals surface area contributed by atoms with Gasteiger partial charge in [-0.1, -0.05) is 13.8 Å². The summed E-state index contributed by atoms with van der Waals surface area (Å²) in [4.78, 5) is 11.1. The van der Waals surface area contributed by atoms with Gasteiger partial charge in [-0.15, -0.1) is 0 Å². The number of nitrogens with one attached hydrogen (secondary N) is 1. The number of rotatable bonds is 6. The van der Waals surface area contributed by atoms with Crippen molar-refractivity contribution in [3.05, 3.63) is 0 Å². The van der Waals surface area contributed by atoms with Crippen LogP contribution in [-0.4, -0.2) is 48.6 Å². The van der Waals surface area contributed by atoms with Crippen molar-refractivity contribution in [3.8, 4) is 0 Å². The number of carbonyl (C=O) groups excluding carboxylic acids is 1. The number of hydrogen-bond donors (Lipinski definition) is 3. The molecular formula is C10H21NO4. The second kappa shape index (κ2) is 5.44. The quantitative estimate of drug-likeness (QED) is 0.526. The average molecular weight is 219 g/mol. The lowest BCUT2D eigenvalue weighted by Crippen LogP contribution is -2.47. The fraction of sp³-hybridized carbons (Fsp3) is 0.900. The normalized spacial score (nSPS) is 15.9. The molecule has 0 aromatic rings. The summed E-state index contributed by atoms with van der Waals surface area (Å²) in [7, 11) is 1.23. The van der Waals surface area contributed by atoms with E-state index in [9.17, 15) is 9.90 Å². The van der Waals surface area contributed by atoms with Crippen molar-refractivity contribution in [1.29, 1.82) is 0 Å². The highest BCUT2D eigenvalue weighted by atomic mass is 16.5. The lowest BCUT2D eigenvalue weighted by atomic mass is 9.94. The first-order chi connectivity index (χ1) is 6.75. The molecule has 3 N–H and O–H groups in total. The van der Waals surface area contributed by atoms with Gasteiger partial charge in [-0.2, -0.15) is 0 Å². The minimum absolute atomic E-state index is 0.0420. The predicted octanol–water partition coefficient (Wildman–Crippen LogP) is -0.482. The molecule has 1 atom stereocenters. The van der Waals surface area contributed by atoms with Crippen molar-refractivity contribution in [2.75, 3.05) is 26.8 Å². The summed E-state index contributed by atoms with van der Waals surface area (Å²) in [5.41, 5.74) is -1.80. The number of methoxy groups -OCH3 is 1. The highest BCUT2D eigenvalue weighted by Gasteiger charge is 2.31. The summed E-state index contributed by atoms with van der Waals surface area (Å²) in [6, 6.07) is 0. The minimum atomic E-state index is -1.53. The zero-order chi connectivity index (χ0) is 12.1. The Balaban J connectivity index is 4.00. The molecule has 5 heteroatoms. The fourth-order valence-electron chi connectivity index (χ4n) is 0.992. The van der Waals surface area contributed by atoms with Crippen LogP contribution in [0.15, 0.2) is 0 Å². The van der Waals surface area contributed by atoms with E-state index in [-0.39, 0.29) is 18.6 Å². The molecule has 0 saturated heterocycles. The standard InChI is InChI=1S/C10H21NO4/c1-9(2,7-12)5-11-6-10(3,14)8(13)15-4/h11-12,14H,5-7H2,1-4H3. The average Bonchev–Trinajstić information content (AvgIpc) is 2.16. The van der Waals surface area contributed by atoms with E-state index in [2.05, 4.69) is 10.1 Å². The topological polar surface area (TPSA) is 78.8 Å². The molecule has 0 saturated carbocycles. The predicted molar refractivity (Wildman–Crippen MR) is 56.4 cm³/mol. The van der Waals surface area contributed by atoms with Crippen molar-refractivity contribution in [1.82, 2.24) is 5.32 Å². The van der Waals surface area contributed by atoms with Crippen LogP contribution in [0.25, 0.3) is 0 Å². The van der Waals surface area contributed by atoms with E-state index in [4.69, 9.17) is 5.11 Å². The maximum atomic E-state index is 11.1. The largest absolute Gasteiger partial charge is 0.467 e. The van der Waals surface area contributed by atoms with Crippen LogP contribution in [0.1, 0.15) is 20.8 Å². The van der Waals surface area contributed by atoms with Gasteiger partial charge in [-0.25, -0.2) is 4.79 Å². The van der Waals surface area contributed by atoms with Gasteiger partial charge in [0.25, 0.3) is 0 Å². The molecule has 0 fully saturated rings. The Morgan fingerprint density at radius 3 is 2.27 bits per heavy atom. The van der Waals surface area contributed by atoms with Crippen molar-refractivity contribution in [2.24, 2.45) is 5.41 Å². The lowest BCUT2D eigenvalue weighted by Gasteiger charge is -2.26. The van der Waals surface area contributed by atoms with Gasteiger partial charge >= 0.3 is 5.97 Å². The molecule has 0 heterocycles. The number of aliphatic hydroxyl groups is 2. The number of aliphatic hydroxyl groups excluding tert-OH is 1. The molecule has 5 nitrogen and oxygen atoms in total. The molecule has 0 aromatic heterocycles. The van der Waals surface area contributed by atoms with E-state index >= 15 is 0 Å². The van der Waals surface area contributed by atoms with Crippen molar-refractivity contribution in [3.63, 3.8) is 0 Å². The Labute approximate surface area is 90.4 Å². The highest BCUT2D eigenvalue weighted by molar-refractivity contribution is 5.78. The number of esters is 1. The number of carbonyl (C=O) groups is 1. The molecule has 0 aromatic carbocycles. The van der Waals surface area contributed by atoms with Crippen LogP contribution >= 0.6 is 0 Å². The first kappa shape index (κ1) is 14.3. The zero-order valence-corrected chi connectivity index (χ0v) is 9.83. The Morgan fingerprint density at radius 2 is 1.87 bits per heavy atom. The lowest BCUT2D eigenvalue weighted by molar-refractivity contribution is -0.160. The molecule has 90 valence electrons. The van der Waals surface area contributed by atoms with Crippen LogP contribution in [0.4, 0.5) is 0 Å². The van der Waals surface area contributed by atoms with Crippen molar-refractivity contribution >= 4 is 5.97 Å². The fourth-order valence-corrected chi connectivity index (χ4v) is 0.992. The molecule has 0 bridgehead atoms. The molecule has 1 unspecified atom stereocenters. The van der Waals surface area contributed by atoms with E-state index in [1.54, 1.807) is 0 Å². The van der Waals surface area contributed by atoms with Gasteiger partial charge in [0.05, 0.1) is 7.11 Å². The van der Waals surface area contributed by atoms with Crippen LogP contribution in [-0.2, 0) is 9.53 Å². The Morgan fingerprint density at radius 1 is 1.33 bits per heavy atom. The van der Waals surface area contributed by atoms with Gasteiger partial charge in [0.1, 0.15) is 0 Å². The van der Waals surface area contributed by atoms with E-state index in [0.29, 0.717) is 6.54 Å². The minimum Gasteiger partial charge on any atom is -0.467 e. The molecular weight excluding hydrogens is 198 g/mol. The maximum absolute atomic E-state index is 11.1. The number of hydrogen-bond acceptors (Lipinski definition) is 5. The first-order valence-electron chi connectivity index (χ1n) is 4.87. The molecule has 0 aliphatic heterocycles. The molecule has 0 radical (unpaired) electrons. The van der Waals surface area contributed by atoms with Crippen molar-refractivity contribution in [2.45, 2.75) is 26.4 Å². The zero-order valence-electron chi connectivity index (χ0n) is 9.83. The first-order valence-corrected chi connectivity index (χ1v) is 4.87. The van der Waals surface area contributed by atoms with E-state index in [1.165, 1.54) is 14.0 Å². The van der Waals surface area contributed by atoms with Gasteiger partial charge in [-0.3, -0.25) is 0 Å². The third-order valence-corrected chi connectivity index (χ3v) is 2.13. The van der Waals surface area contributed by atoms with Gasteiger partial charge in [-0.05, 0) is 6.92 Å². The molecule has 0 amide bonds. The van der Waals surface area contributed by atoms with Gasteiger partial charge in [0.15, 0.2) is 5.60 Å². The molecule has 15 heavy (non-hydrogen) atoms. The molecule has 0 rings (SSSR count).